The minimum Gasteiger partial charge on any atom is -0.384 e. The summed E-state index contributed by atoms with van der Waals surface area (Å²) in [5.74, 6) is 8.73. The first kappa shape index (κ1) is 12.1. The zero-order chi connectivity index (χ0) is 11.3. The lowest BCUT2D eigenvalue weighted by molar-refractivity contribution is 0.350. The third-order valence-corrected chi connectivity index (χ3v) is 3.15. The maximum atomic E-state index is 8.62. The molecule has 0 radical (unpaired) electrons. The molecule has 0 aliphatic rings. The molecule has 1 nitrogen and oxygen atoms in total. The van der Waals surface area contributed by atoms with Crippen LogP contribution in [0.5, 0.6) is 0 Å². The summed E-state index contributed by atoms with van der Waals surface area (Å²) in [5.41, 5.74) is 5.23. The van der Waals surface area contributed by atoms with Gasteiger partial charge in [0, 0.05) is 10.8 Å². The van der Waals surface area contributed by atoms with E-state index in [1.165, 1.54) is 0 Å². The van der Waals surface area contributed by atoms with E-state index in [-0.39, 0.29) is 6.61 Å². The molecule has 0 aromatic carbocycles. The van der Waals surface area contributed by atoms with Crippen molar-refractivity contribution in [2.45, 2.75) is 19.6 Å². The molecule has 15 heavy (non-hydrogen) atoms. The number of thiophene rings is 1. The summed E-state index contributed by atoms with van der Waals surface area (Å²) in [6.07, 6.45) is 0. The van der Waals surface area contributed by atoms with Crippen molar-refractivity contribution < 1.29 is 5.11 Å². The summed E-state index contributed by atoms with van der Waals surface area (Å²) in [6, 6.07) is 0. The minimum atomic E-state index is -1.32. The predicted molar refractivity (Wildman–Crippen MR) is 68.5 cm³/mol. The van der Waals surface area contributed by atoms with Crippen molar-refractivity contribution in [2.75, 3.05) is 6.61 Å². The van der Waals surface area contributed by atoms with Gasteiger partial charge in [0.25, 0.3) is 0 Å². The second-order valence-electron chi connectivity index (χ2n) is 4.16. The second kappa shape index (κ2) is 5.18. The number of hydrogen-bond acceptors (Lipinski definition) is 2. The molecule has 0 aliphatic carbocycles. The topological polar surface area (TPSA) is 20.2 Å². The first-order valence-electron chi connectivity index (χ1n) is 4.72. The Kier molecular flexibility index (Phi) is 4.17. The summed E-state index contributed by atoms with van der Waals surface area (Å²) in [4.78, 5) is 0. The van der Waals surface area contributed by atoms with Crippen LogP contribution < -0.4 is 0 Å². The molecule has 3 heteroatoms. The quantitative estimate of drug-likeness (QED) is 0.539. The smallest absolute Gasteiger partial charge is 0.129 e. The van der Waals surface area contributed by atoms with E-state index in [0.717, 1.165) is 11.1 Å². The predicted octanol–water partition coefficient (Wildman–Crippen LogP) is 2.32. The van der Waals surface area contributed by atoms with Crippen LogP contribution in [0.2, 0.25) is 19.6 Å². The highest BCUT2D eigenvalue weighted by molar-refractivity contribution is 7.08. The van der Waals surface area contributed by atoms with E-state index in [0.29, 0.717) is 0 Å². The van der Waals surface area contributed by atoms with Crippen molar-refractivity contribution in [3.05, 3.63) is 21.9 Å². The molecule has 0 spiro atoms. The van der Waals surface area contributed by atoms with Crippen LogP contribution in [0, 0.1) is 23.3 Å². The first-order chi connectivity index (χ1) is 7.03. The lowest BCUT2D eigenvalue weighted by Gasteiger charge is -2.02. The molecule has 0 fully saturated rings. The van der Waals surface area contributed by atoms with Gasteiger partial charge in [-0.15, -0.1) is 16.9 Å². The zero-order valence-electron chi connectivity index (χ0n) is 9.22. The summed E-state index contributed by atoms with van der Waals surface area (Å²) in [7, 11) is -1.32. The number of rotatable bonds is 0. The van der Waals surface area contributed by atoms with Gasteiger partial charge >= 0.3 is 0 Å². The maximum absolute atomic E-state index is 8.62. The number of aliphatic hydroxyl groups excluding tert-OH is 1. The fourth-order valence-electron chi connectivity index (χ4n) is 0.880. The molecule has 1 N–H and O–H groups in total. The molecule has 1 rings (SSSR count). The van der Waals surface area contributed by atoms with Crippen LogP contribution in [0.4, 0.5) is 0 Å². The zero-order valence-corrected chi connectivity index (χ0v) is 11.0. The van der Waals surface area contributed by atoms with Crippen molar-refractivity contribution in [1.82, 2.24) is 0 Å². The van der Waals surface area contributed by atoms with Crippen molar-refractivity contribution in [2.24, 2.45) is 0 Å². The van der Waals surface area contributed by atoms with Crippen molar-refractivity contribution in [1.29, 1.82) is 0 Å². The molecular weight excluding hydrogens is 220 g/mol. The van der Waals surface area contributed by atoms with E-state index in [4.69, 9.17) is 5.11 Å². The van der Waals surface area contributed by atoms with Crippen LogP contribution in [0.1, 0.15) is 11.1 Å². The van der Waals surface area contributed by atoms with Gasteiger partial charge in [0.2, 0.25) is 0 Å². The molecule has 0 saturated carbocycles. The highest BCUT2D eigenvalue weighted by atomic mass is 32.1. The van der Waals surface area contributed by atoms with Crippen molar-refractivity contribution >= 4 is 19.4 Å². The maximum Gasteiger partial charge on any atom is 0.129 e. The van der Waals surface area contributed by atoms with Gasteiger partial charge in [0.05, 0.1) is 11.1 Å². The molecule has 0 aliphatic heterocycles. The fraction of sp³-hybridized carbons (Fsp3) is 0.333. The monoisotopic (exact) mass is 234 g/mol. The van der Waals surface area contributed by atoms with Crippen LogP contribution >= 0.6 is 11.3 Å². The van der Waals surface area contributed by atoms with E-state index in [2.05, 4.69) is 42.9 Å². The van der Waals surface area contributed by atoms with E-state index >= 15 is 0 Å². The van der Waals surface area contributed by atoms with Gasteiger partial charge in [-0.1, -0.05) is 37.4 Å². The van der Waals surface area contributed by atoms with Gasteiger partial charge in [-0.25, -0.2) is 0 Å². The Labute approximate surface area is 96.2 Å². The summed E-state index contributed by atoms with van der Waals surface area (Å²) in [5, 5.41) is 12.6. The summed E-state index contributed by atoms with van der Waals surface area (Å²) < 4.78 is 0. The van der Waals surface area contributed by atoms with Crippen molar-refractivity contribution in [3.63, 3.8) is 0 Å². The largest absolute Gasteiger partial charge is 0.384 e. The molecule has 1 aromatic heterocycles. The Hall–Kier alpha value is -1.00. The van der Waals surface area contributed by atoms with E-state index in [1.807, 2.05) is 10.8 Å². The first-order valence-corrected chi connectivity index (χ1v) is 9.16. The van der Waals surface area contributed by atoms with Crippen LogP contribution in [0.25, 0.3) is 0 Å². The normalized spacial score (nSPS) is 9.87. The molecule has 0 unspecified atom stereocenters. The van der Waals surface area contributed by atoms with Gasteiger partial charge in [0.15, 0.2) is 0 Å². The number of hydrogen-bond donors (Lipinski definition) is 1. The lowest BCUT2D eigenvalue weighted by atomic mass is 10.2. The minimum absolute atomic E-state index is 0.100. The Morgan fingerprint density at radius 3 is 2.33 bits per heavy atom. The van der Waals surface area contributed by atoms with E-state index < -0.39 is 8.07 Å². The average molecular weight is 234 g/mol. The number of aliphatic hydroxyl groups is 1. The van der Waals surface area contributed by atoms with Gasteiger partial charge in [0.1, 0.15) is 14.7 Å². The standard InChI is InChI=1S/C12H14OSSi/c1-15(2,3)8-6-12-10-14-9-11(12)5-4-7-13/h9-10,13H,7H2,1-3H3. The molecule has 1 aromatic rings. The molecule has 0 bridgehead atoms. The highest BCUT2D eigenvalue weighted by Gasteiger charge is 2.08. The fourth-order valence-corrected chi connectivity index (χ4v) is 2.10. The lowest BCUT2D eigenvalue weighted by Crippen LogP contribution is -2.16. The molecule has 78 valence electrons. The van der Waals surface area contributed by atoms with Gasteiger partial charge in [-0.3, -0.25) is 0 Å². The molecule has 1 heterocycles. The van der Waals surface area contributed by atoms with Gasteiger partial charge in [-0.05, 0) is 0 Å². The van der Waals surface area contributed by atoms with Gasteiger partial charge < -0.3 is 5.11 Å². The third kappa shape index (κ3) is 4.36. The highest BCUT2D eigenvalue weighted by Crippen LogP contribution is 2.12. The van der Waals surface area contributed by atoms with Crippen LogP contribution in [0.15, 0.2) is 10.8 Å². The van der Waals surface area contributed by atoms with Crippen LogP contribution in [-0.4, -0.2) is 19.8 Å². The Balaban J connectivity index is 2.95. The Morgan fingerprint density at radius 2 is 1.80 bits per heavy atom. The van der Waals surface area contributed by atoms with E-state index in [9.17, 15) is 0 Å². The molecule has 0 atom stereocenters. The van der Waals surface area contributed by atoms with Crippen LogP contribution in [-0.2, 0) is 0 Å². The van der Waals surface area contributed by atoms with E-state index in [1.54, 1.807) is 11.3 Å². The van der Waals surface area contributed by atoms with Crippen molar-refractivity contribution in [3.8, 4) is 23.3 Å². The van der Waals surface area contributed by atoms with Crippen LogP contribution in [0.3, 0.4) is 0 Å². The Bertz CT molecular complexity index is 446. The molecule has 0 saturated heterocycles. The third-order valence-electron chi connectivity index (χ3n) is 1.54. The average Bonchev–Trinajstić information content (AvgIpc) is 2.57. The molecule has 0 amide bonds. The SMILES string of the molecule is C[Si](C)(C)C#Cc1cscc1C#CCO. The summed E-state index contributed by atoms with van der Waals surface area (Å²) in [6.45, 7) is 6.54. The van der Waals surface area contributed by atoms with Gasteiger partial charge in [-0.2, -0.15) is 0 Å². The summed E-state index contributed by atoms with van der Waals surface area (Å²) >= 11 is 1.60. The molecular formula is C12H14OSSi. The Morgan fingerprint density at radius 1 is 1.20 bits per heavy atom. The second-order valence-corrected chi connectivity index (χ2v) is 9.65.